The van der Waals surface area contributed by atoms with E-state index in [-0.39, 0.29) is 11.9 Å². The minimum Gasteiger partial charge on any atom is -0.368 e. The van der Waals surface area contributed by atoms with Crippen LogP contribution in [0.3, 0.4) is 0 Å². The number of nitrogens with one attached hydrogen (secondary N) is 1. The first kappa shape index (κ1) is 17.5. The zero-order chi connectivity index (χ0) is 19.8. The van der Waals surface area contributed by atoms with Crippen molar-refractivity contribution in [3.63, 3.8) is 0 Å². The van der Waals surface area contributed by atoms with E-state index in [9.17, 15) is 4.39 Å². The molecule has 29 heavy (non-hydrogen) atoms. The third-order valence-corrected chi connectivity index (χ3v) is 5.38. The molecule has 3 aliphatic rings. The van der Waals surface area contributed by atoms with Gasteiger partial charge in [-0.15, -0.1) is 0 Å². The lowest BCUT2D eigenvalue weighted by Gasteiger charge is -2.34. The van der Waals surface area contributed by atoms with Gasteiger partial charge in [-0.3, -0.25) is 9.97 Å². The zero-order valence-corrected chi connectivity index (χ0v) is 15.8. The molecule has 3 aliphatic heterocycles. The standard InChI is InChI=1S/C21H20FN7/c1-14(26-20-13-23-6-7-25-20)29-17-4-8-28(9-5-17)19-3-2-18(27-21(19)29)15-10-16(22)12-24-11-15/h2-3,6-7,10-13,17H,1,4-5,8-9H2,(H,25,26). The maximum atomic E-state index is 13.7. The van der Waals surface area contributed by atoms with Gasteiger partial charge in [0.25, 0.3) is 0 Å². The van der Waals surface area contributed by atoms with Crippen LogP contribution in [0.1, 0.15) is 12.8 Å². The number of rotatable bonds is 4. The van der Waals surface area contributed by atoms with Gasteiger partial charge in [0, 0.05) is 43.3 Å². The molecule has 1 N–H and O–H groups in total. The molecule has 0 unspecified atom stereocenters. The van der Waals surface area contributed by atoms with E-state index in [1.54, 1.807) is 24.8 Å². The highest BCUT2D eigenvalue weighted by atomic mass is 19.1. The molecule has 3 aromatic heterocycles. The zero-order valence-electron chi connectivity index (χ0n) is 15.8. The van der Waals surface area contributed by atoms with Crippen molar-refractivity contribution in [2.45, 2.75) is 18.9 Å². The van der Waals surface area contributed by atoms with Crippen LogP contribution in [-0.4, -0.2) is 39.1 Å². The average molecular weight is 389 g/mol. The van der Waals surface area contributed by atoms with E-state index < -0.39 is 0 Å². The molecule has 0 aliphatic carbocycles. The molecule has 6 heterocycles. The van der Waals surface area contributed by atoms with Crippen molar-refractivity contribution in [2.75, 3.05) is 28.2 Å². The van der Waals surface area contributed by atoms with E-state index in [1.165, 1.54) is 12.3 Å². The summed E-state index contributed by atoms with van der Waals surface area (Å²) in [5.74, 6) is 1.76. The van der Waals surface area contributed by atoms with Crippen molar-refractivity contribution in [3.8, 4) is 11.3 Å². The minimum absolute atomic E-state index is 0.276. The van der Waals surface area contributed by atoms with Gasteiger partial charge in [-0.25, -0.2) is 14.4 Å². The van der Waals surface area contributed by atoms with Crippen molar-refractivity contribution in [2.24, 2.45) is 0 Å². The molecule has 3 aromatic rings. The minimum atomic E-state index is -0.381. The fraction of sp³-hybridized carbons (Fsp3) is 0.238. The molecule has 0 amide bonds. The first-order chi connectivity index (χ1) is 14.2. The smallest absolute Gasteiger partial charge is 0.158 e. The Kier molecular flexibility index (Phi) is 4.31. The molecule has 8 heteroatoms. The fourth-order valence-corrected chi connectivity index (χ4v) is 4.04. The summed E-state index contributed by atoms with van der Waals surface area (Å²) in [4.78, 5) is 21.8. The Hall–Kier alpha value is -3.55. The molecule has 0 radical (unpaired) electrons. The molecule has 1 fully saturated rings. The summed E-state index contributed by atoms with van der Waals surface area (Å²) < 4.78 is 13.7. The predicted octanol–water partition coefficient (Wildman–Crippen LogP) is 3.44. The second kappa shape index (κ2) is 7.12. The van der Waals surface area contributed by atoms with E-state index in [0.29, 0.717) is 22.9 Å². The van der Waals surface area contributed by atoms with Crippen LogP contribution in [0, 0.1) is 5.82 Å². The summed E-state index contributed by atoms with van der Waals surface area (Å²) >= 11 is 0. The molecule has 1 saturated heterocycles. The van der Waals surface area contributed by atoms with Crippen molar-refractivity contribution in [1.29, 1.82) is 0 Å². The van der Waals surface area contributed by atoms with Crippen molar-refractivity contribution < 1.29 is 4.39 Å². The van der Waals surface area contributed by atoms with Crippen LogP contribution in [-0.2, 0) is 0 Å². The number of fused-ring (bicyclic) bond motifs is 2. The van der Waals surface area contributed by atoms with Gasteiger partial charge in [-0.2, -0.15) is 0 Å². The molecule has 0 aromatic carbocycles. The number of piperidine rings is 1. The van der Waals surface area contributed by atoms with Gasteiger partial charge >= 0.3 is 0 Å². The summed E-state index contributed by atoms with van der Waals surface area (Å²) in [5.41, 5.74) is 2.38. The number of hydrogen-bond donors (Lipinski definition) is 1. The van der Waals surface area contributed by atoms with Gasteiger partial charge in [-0.1, -0.05) is 6.58 Å². The topological polar surface area (TPSA) is 70.1 Å². The molecule has 7 nitrogen and oxygen atoms in total. The van der Waals surface area contributed by atoms with Crippen LogP contribution >= 0.6 is 0 Å². The third kappa shape index (κ3) is 3.26. The van der Waals surface area contributed by atoms with Crippen LogP contribution in [0.4, 0.5) is 21.7 Å². The van der Waals surface area contributed by atoms with Crippen LogP contribution < -0.4 is 15.1 Å². The normalized spacial score (nSPS) is 15.8. The number of nitrogens with zero attached hydrogens (tertiary/aromatic N) is 6. The molecule has 0 atom stereocenters. The van der Waals surface area contributed by atoms with Gasteiger partial charge in [0.05, 0.1) is 23.8 Å². The van der Waals surface area contributed by atoms with Crippen molar-refractivity contribution >= 4 is 17.3 Å². The maximum absolute atomic E-state index is 13.7. The van der Waals surface area contributed by atoms with Crippen LogP contribution in [0.15, 0.2) is 61.6 Å². The van der Waals surface area contributed by atoms with Gasteiger partial charge in [0.15, 0.2) is 5.82 Å². The first-order valence-electron chi connectivity index (χ1n) is 9.57. The number of halogens is 1. The Morgan fingerprint density at radius 3 is 2.72 bits per heavy atom. The molecule has 0 saturated carbocycles. The second-order valence-corrected chi connectivity index (χ2v) is 7.18. The lowest BCUT2D eigenvalue weighted by atomic mass is 10.1. The van der Waals surface area contributed by atoms with E-state index in [1.807, 2.05) is 6.07 Å². The highest BCUT2D eigenvalue weighted by molar-refractivity contribution is 5.76. The van der Waals surface area contributed by atoms with Crippen LogP contribution in [0.2, 0.25) is 0 Å². The first-order valence-corrected chi connectivity index (χ1v) is 9.57. The Bertz CT molecular complexity index is 1050. The highest BCUT2D eigenvalue weighted by Crippen LogP contribution is 2.40. The van der Waals surface area contributed by atoms with Gasteiger partial charge in [0.2, 0.25) is 0 Å². The number of hydrogen-bond acceptors (Lipinski definition) is 7. The Balaban J connectivity index is 1.57. The summed E-state index contributed by atoms with van der Waals surface area (Å²) in [7, 11) is 0. The number of pyridine rings is 2. The number of anilines is 3. The van der Waals surface area contributed by atoms with E-state index in [0.717, 1.165) is 37.4 Å². The molecule has 146 valence electrons. The van der Waals surface area contributed by atoms with Gasteiger partial charge < -0.3 is 15.1 Å². The molecular formula is C21H20FN7. The van der Waals surface area contributed by atoms with E-state index >= 15 is 0 Å². The lowest BCUT2D eigenvalue weighted by molar-refractivity contribution is 0.500. The monoisotopic (exact) mass is 389 g/mol. The summed E-state index contributed by atoms with van der Waals surface area (Å²) in [6, 6.07) is 5.70. The summed E-state index contributed by atoms with van der Waals surface area (Å²) in [6.07, 6.45) is 9.76. The lowest BCUT2D eigenvalue weighted by Crippen LogP contribution is -2.41. The fourth-order valence-electron chi connectivity index (χ4n) is 4.04. The maximum Gasteiger partial charge on any atom is 0.158 e. The predicted molar refractivity (Wildman–Crippen MR) is 110 cm³/mol. The largest absolute Gasteiger partial charge is 0.368 e. The Morgan fingerprint density at radius 1 is 1.10 bits per heavy atom. The van der Waals surface area contributed by atoms with Crippen LogP contribution in [0.5, 0.6) is 0 Å². The quantitative estimate of drug-likeness (QED) is 0.733. The summed E-state index contributed by atoms with van der Waals surface area (Å²) in [6.45, 7) is 6.20. The Labute approximate surface area is 168 Å². The number of aromatic nitrogens is 4. The van der Waals surface area contributed by atoms with E-state index in [4.69, 9.17) is 4.98 Å². The summed E-state index contributed by atoms with van der Waals surface area (Å²) in [5, 5.41) is 3.26. The van der Waals surface area contributed by atoms with Gasteiger partial charge in [-0.05, 0) is 31.0 Å². The third-order valence-electron chi connectivity index (χ3n) is 5.38. The van der Waals surface area contributed by atoms with E-state index in [2.05, 4.69) is 42.7 Å². The SMILES string of the molecule is C=C(Nc1cnccn1)N1c2nc(-c3cncc(F)c3)ccc2N2CCC1CC2. The molecule has 2 bridgehead atoms. The average Bonchev–Trinajstić information content (AvgIpc) is 3.00. The molecule has 6 rings (SSSR count). The van der Waals surface area contributed by atoms with Crippen molar-refractivity contribution in [1.82, 2.24) is 19.9 Å². The highest BCUT2D eigenvalue weighted by Gasteiger charge is 2.35. The second-order valence-electron chi connectivity index (χ2n) is 7.18. The van der Waals surface area contributed by atoms with Gasteiger partial charge in [0.1, 0.15) is 17.5 Å². The molecule has 0 spiro atoms. The van der Waals surface area contributed by atoms with Crippen LogP contribution in [0.25, 0.3) is 11.3 Å². The molecular weight excluding hydrogens is 369 g/mol. The Morgan fingerprint density at radius 2 is 1.97 bits per heavy atom. The van der Waals surface area contributed by atoms with Crippen molar-refractivity contribution in [3.05, 3.63) is 67.4 Å².